The molecule has 0 radical (unpaired) electrons. The van der Waals surface area contributed by atoms with E-state index in [2.05, 4.69) is 28.9 Å². The van der Waals surface area contributed by atoms with Crippen LogP contribution in [-0.4, -0.2) is 19.6 Å². The van der Waals surface area contributed by atoms with Gasteiger partial charge in [-0.2, -0.15) is 0 Å². The quantitative estimate of drug-likeness (QED) is 0.541. The van der Waals surface area contributed by atoms with Gasteiger partial charge in [0.05, 0.1) is 5.41 Å². The molecule has 0 atom stereocenters. The van der Waals surface area contributed by atoms with Gasteiger partial charge in [0.25, 0.3) is 0 Å². The molecule has 1 saturated heterocycles. The van der Waals surface area contributed by atoms with Crippen molar-refractivity contribution in [2.75, 3.05) is 19.6 Å². The number of allylic oxidation sites excluding steroid dienone is 3. The van der Waals surface area contributed by atoms with Crippen molar-refractivity contribution < 1.29 is 0 Å². The Kier molecular flexibility index (Phi) is 1.89. The van der Waals surface area contributed by atoms with Crippen LogP contribution < -0.4 is 16.4 Å². The predicted molar refractivity (Wildman–Crippen MR) is 61.0 cm³/mol. The molecule has 2 heterocycles. The maximum atomic E-state index is 6.22. The third-order valence-electron chi connectivity index (χ3n) is 3.78. The minimum absolute atomic E-state index is 0.116. The Labute approximate surface area is 90.1 Å². The number of piperidine rings is 1. The standard InChI is InChI=1S/C12H17N3/c13-10-8-9-2-1-5-15-11(9)12(10)3-6-14-7-4-12/h1-2,8,14-15H,3-7,13H2. The first-order valence-corrected chi connectivity index (χ1v) is 5.66. The summed E-state index contributed by atoms with van der Waals surface area (Å²) >= 11 is 0. The van der Waals surface area contributed by atoms with Gasteiger partial charge in [-0.3, -0.25) is 0 Å². The van der Waals surface area contributed by atoms with Gasteiger partial charge in [-0.05, 0) is 37.6 Å². The van der Waals surface area contributed by atoms with Crippen LogP contribution in [0.2, 0.25) is 0 Å². The van der Waals surface area contributed by atoms with Gasteiger partial charge < -0.3 is 16.4 Å². The molecule has 0 unspecified atom stereocenters. The summed E-state index contributed by atoms with van der Waals surface area (Å²) in [5, 5.41) is 6.91. The van der Waals surface area contributed by atoms with Crippen LogP contribution in [0.5, 0.6) is 0 Å². The number of hydrogen-bond acceptors (Lipinski definition) is 3. The molecule has 2 aliphatic heterocycles. The number of nitrogens with two attached hydrogens (primary N) is 1. The highest BCUT2D eigenvalue weighted by molar-refractivity contribution is 5.52. The van der Waals surface area contributed by atoms with Crippen LogP contribution in [0.25, 0.3) is 0 Å². The topological polar surface area (TPSA) is 50.1 Å². The van der Waals surface area contributed by atoms with Crippen LogP contribution in [0.4, 0.5) is 0 Å². The molecular formula is C12H17N3. The zero-order valence-corrected chi connectivity index (χ0v) is 8.84. The highest BCUT2D eigenvalue weighted by Crippen LogP contribution is 2.47. The van der Waals surface area contributed by atoms with Gasteiger partial charge in [0.15, 0.2) is 0 Å². The summed E-state index contributed by atoms with van der Waals surface area (Å²) in [5.74, 6) is 0. The van der Waals surface area contributed by atoms with Gasteiger partial charge in [-0.25, -0.2) is 0 Å². The van der Waals surface area contributed by atoms with E-state index in [0.717, 1.165) is 38.2 Å². The Bertz CT molecular complexity index is 370. The second-order valence-corrected chi connectivity index (χ2v) is 4.55. The predicted octanol–water partition coefficient (Wildman–Crippen LogP) is 0.626. The summed E-state index contributed by atoms with van der Waals surface area (Å²) in [6, 6.07) is 0. The Morgan fingerprint density at radius 2 is 2.07 bits per heavy atom. The molecule has 0 aromatic heterocycles. The first-order valence-electron chi connectivity index (χ1n) is 5.66. The first-order chi connectivity index (χ1) is 7.33. The SMILES string of the molecule is NC1=CC2=C(NCC=C2)C12CCNCC2. The van der Waals surface area contributed by atoms with Crippen LogP contribution in [0.3, 0.4) is 0 Å². The minimum atomic E-state index is 0.116. The Morgan fingerprint density at radius 3 is 2.87 bits per heavy atom. The Hall–Kier alpha value is -1.22. The second kappa shape index (κ2) is 3.14. The van der Waals surface area contributed by atoms with E-state index in [1.54, 1.807) is 0 Å². The molecule has 4 N–H and O–H groups in total. The largest absolute Gasteiger partial charge is 0.401 e. The van der Waals surface area contributed by atoms with Crippen molar-refractivity contribution >= 4 is 0 Å². The average molecular weight is 203 g/mol. The Balaban J connectivity index is 2.03. The lowest BCUT2D eigenvalue weighted by molar-refractivity contribution is 0.292. The minimum Gasteiger partial charge on any atom is -0.401 e. The van der Waals surface area contributed by atoms with Crippen LogP contribution in [0, 0.1) is 5.41 Å². The Morgan fingerprint density at radius 1 is 1.27 bits per heavy atom. The molecule has 0 bridgehead atoms. The fraction of sp³-hybridized carbons (Fsp3) is 0.500. The van der Waals surface area contributed by atoms with Gasteiger partial charge in [-0.1, -0.05) is 12.2 Å². The fourth-order valence-electron chi connectivity index (χ4n) is 2.94. The number of dihydropyridines is 1. The summed E-state index contributed by atoms with van der Waals surface area (Å²) in [6.07, 6.45) is 8.73. The van der Waals surface area contributed by atoms with E-state index in [1.807, 2.05) is 0 Å². The van der Waals surface area contributed by atoms with E-state index < -0.39 is 0 Å². The average Bonchev–Trinajstić information content (AvgIpc) is 2.55. The molecule has 3 heteroatoms. The lowest BCUT2D eigenvalue weighted by Crippen LogP contribution is -2.43. The molecule has 80 valence electrons. The molecule has 3 aliphatic rings. The van der Waals surface area contributed by atoms with Gasteiger partial charge in [0, 0.05) is 17.9 Å². The van der Waals surface area contributed by atoms with Crippen LogP contribution >= 0.6 is 0 Å². The maximum absolute atomic E-state index is 6.22. The normalized spacial score (nSPS) is 27.6. The number of rotatable bonds is 0. The van der Waals surface area contributed by atoms with E-state index in [-0.39, 0.29) is 5.41 Å². The summed E-state index contributed by atoms with van der Waals surface area (Å²) < 4.78 is 0. The van der Waals surface area contributed by atoms with Crippen molar-refractivity contribution in [3.05, 3.63) is 35.2 Å². The van der Waals surface area contributed by atoms with Crippen molar-refractivity contribution in [1.29, 1.82) is 0 Å². The molecule has 3 nitrogen and oxygen atoms in total. The fourth-order valence-corrected chi connectivity index (χ4v) is 2.94. The van der Waals surface area contributed by atoms with E-state index in [1.165, 1.54) is 11.3 Å². The van der Waals surface area contributed by atoms with E-state index in [4.69, 9.17) is 5.73 Å². The van der Waals surface area contributed by atoms with Gasteiger partial charge in [-0.15, -0.1) is 0 Å². The van der Waals surface area contributed by atoms with Gasteiger partial charge in [0.1, 0.15) is 0 Å². The van der Waals surface area contributed by atoms with Crippen molar-refractivity contribution in [1.82, 2.24) is 10.6 Å². The summed E-state index contributed by atoms with van der Waals surface area (Å²) in [7, 11) is 0. The van der Waals surface area contributed by atoms with Crippen molar-refractivity contribution in [3.63, 3.8) is 0 Å². The van der Waals surface area contributed by atoms with E-state index in [0.29, 0.717) is 0 Å². The smallest absolute Gasteiger partial charge is 0.0525 e. The summed E-state index contributed by atoms with van der Waals surface area (Å²) in [4.78, 5) is 0. The van der Waals surface area contributed by atoms with Crippen molar-refractivity contribution in [3.8, 4) is 0 Å². The molecule has 1 aliphatic carbocycles. The van der Waals surface area contributed by atoms with Gasteiger partial charge >= 0.3 is 0 Å². The number of fused-ring (bicyclic) bond motifs is 1. The molecule has 0 aromatic carbocycles. The van der Waals surface area contributed by atoms with E-state index >= 15 is 0 Å². The van der Waals surface area contributed by atoms with Crippen LogP contribution in [0.15, 0.2) is 35.2 Å². The lowest BCUT2D eigenvalue weighted by atomic mass is 9.75. The summed E-state index contributed by atoms with van der Waals surface area (Å²) in [6.45, 7) is 3.07. The maximum Gasteiger partial charge on any atom is 0.0525 e. The lowest BCUT2D eigenvalue weighted by Gasteiger charge is -2.38. The number of nitrogens with one attached hydrogen (secondary N) is 2. The van der Waals surface area contributed by atoms with Crippen LogP contribution in [0.1, 0.15) is 12.8 Å². The van der Waals surface area contributed by atoms with E-state index in [9.17, 15) is 0 Å². The van der Waals surface area contributed by atoms with Gasteiger partial charge in [0.2, 0.25) is 0 Å². The molecule has 0 amide bonds. The van der Waals surface area contributed by atoms with Crippen LogP contribution in [-0.2, 0) is 0 Å². The van der Waals surface area contributed by atoms with Crippen molar-refractivity contribution in [2.24, 2.45) is 11.1 Å². The third-order valence-corrected chi connectivity index (χ3v) is 3.78. The van der Waals surface area contributed by atoms with Crippen molar-refractivity contribution in [2.45, 2.75) is 12.8 Å². The first kappa shape index (κ1) is 9.04. The molecule has 0 aromatic rings. The number of hydrogen-bond donors (Lipinski definition) is 3. The highest BCUT2D eigenvalue weighted by atomic mass is 15.0. The summed E-state index contributed by atoms with van der Waals surface area (Å²) in [5.41, 5.74) is 10.0. The molecule has 0 saturated carbocycles. The third kappa shape index (κ3) is 1.16. The zero-order valence-electron chi connectivity index (χ0n) is 8.84. The highest BCUT2D eigenvalue weighted by Gasteiger charge is 2.43. The monoisotopic (exact) mass is 203 g/mol. The molecule has 1 fully saturated rings. The zero-order chi connectivity index (χ0) is 10.3. The second-order valence-electron chi connectivity index (χ2n) is 4.55. The molecule has 15 heavy (non-hydrogen) atoms. The molecule has 1 spiro atoms. The molecule has 3 rings (SSSR count). The molecular weight excluding hydrogens is 186 g/mol.